The van der Waals surface area contributed by atoms with E-state index in [4.69, 9.17) is 0 Å². The summed E-state index contributed by atoms with van der Waals surface area (Å²) in [4.78, 5) is 20.6. The average Bonchev–Trinajstić information content (AvgIpc) is 2.84. The maximum absolute atomic E-state index is 10.8. The molecule has 19 heavy (non-hydrogen) atoms. The molecule has 1 unspecified atom stereocenters. The molecule has 0 spiro atoms. The fourth-order valence-electron chi connectivity index (χ4n) is 2.33. The summed E-state index contributed by atoms with van der Waals surface area (Å²) >= 11 is 0. The van der Waals surface area contributed by atoms with Gasteiger partial charge in [-0.05, 0) is 12.5 Å². The molecular formula is C12H12N4O3. The molecule has 3 rings (SSSR count). The zero-order valence-corrected chi connectivity index (χ0v) is 10.1. The van der Waals surface area contributed by atoms with Crippen LogP contribution in [0.4, 0.5) is 11.5 Å². The van der Waals surface area contributed by atoms with Crippen LogP contribution in [0.25, 0.3) is 10.9 Å². The van der Waals surface area contributed by atoms with Gasteiger partial charge in [-0.1, -0.05) is 0 Å². The summed E-state index contributed by atoms with van der Waals surface area (Å²) < 4.78 is 0. The molecule has 0 radical (unpaired) electrons. The molecule has 7 heteroatoms. The second kappa shape index (κ2) is 4.43. The van der Waals surface area contributed by atoms with Crippen LogP contribution in [0.3, 0.4) is 0 Å². The summed E-state index contributed by atoms with van der Waals surface area (Å²) in [6.45, 7) is 1.19. The lowest BCUT2D eigenvalue weighted by atomic mass is 10.2. The van der Waals surface area contributed by atoms with Crippen molar-refractivity contribution < 1.29 is 10.0 Å². The Morgan fingerprint density at radius 3 is 2.95 bits per heavy atom. The maximum atomic E-state index is 10.8. The van der Waals surface area contributed by atoms with E-state index in [0.29, 0.717) is 36.2 Å². The second-order valence-corrected chi connectivity index (χ2v) is 4.54. The smallest absolute Gasteiger partial charge is 0.270 e. The number of nitro benzene ring substituents is 1. The van der Waals surface area contributed by atoms with Gasteiger partial charge in [-0.2, -0.15) is 0 Å². The van der Waals surface area contributed by atoms with Crippen LogP contribution in [-0.2, 0) is 0 Å². The van der Waals surface area contributed by atoms with Crippen molar-refractivity contribution in [3.63, 3.8) is 0 Å². The van der Waals surface area contributed by atoms with Gasteiger partial charge in [0.2, 0.25) is 0 Å². The SMILES string of the molecule is O=[N+]([O-])c1ccc2ncnc(N3CCC(O)C3)c2c1. The van der Waals surface area contributed by atoms with E-state index in [0.717, 1.165) is 0 Å². The summed E-state index contributed by atoms with van der Waals surface area (Å²) in [6, 6.07) is 4.53. The lowest BCUT2D eigenvalue weighted by molar-refractivity contribution is -0.384. The summed E-state index contributed by atoms with van der Waals surface area (Å²) in [5.74, 6) is 0.644. The van der Waals surface area contributed by atoms with Crippen molar-refractivity contribution in [1.82, 2.24) is 9.97 Å². The number of non-ortho nitro benzene ring substituents is 1. The van der Waals surface area contributed by atoms with E-state index in [1.807, 2.05) is 4.90 Å². The Kier molecular flexibility index (Phi) is 2.75. The Balaban J connectivity index is 2.12. The van der Waals surface area contributed by atoms with Crippen molar-refractivity contribution in [2.75, 3.05) is 18.0 Å². The summed E-state index contributed by atoms with van der Waals surface area (Å²) in [6.07, 6.45) is 1.75. The Hall–Kier alpha value is -2.28. The van der Waals surface area contributed by atoms with Gasteiger partial charge in [0.15, 0.2) is 0 Å². The van der Waals surface area contributed by atoms with Gasteiger partial charge in [0.05, 0.1) is 16.5 Å². The summed E-state index contributed by atoms with van der Waals surface area (Å²) in [5.41, 5.74) is 0.681. The largest absolute Gasteiger partial charge is 0.391 e. The first-order valence-electron chi connectivity index (χ1n) is 5.97. The lowest BCUT2D eigenvalue weighted by Gasteiger charge is -2.17. The number of nitrogens with zero attached hydrogens (tertiary/aromatic N) is 4. The van der Waals surface area contributed by atoms with Gasteiger partial charge >= 0.3 is 0 Å². The number of hydrogen-bond donors (Lipinski definition) is 1. The topological polar surface area (TPSA) is 92.4 Å². The minimum Gasteiger partial charge on any atom is -0.391 e. The van der Waals surface area contributed by atoms with Crippen molar-refractivity contribution in [2.24, 2.45) is 0 Å². The first-order chi connectivity index (χ1) is 9.15. The van der Waals surface area contributed by atoms with Crippen LogP contribution in [0.1, 0.15) is 6.42 Å². The van der Waals surface area contributed by atoms with Crippen LogP contribution >= 0.6 is 0 Å². The summed E-state index contributed by atoms with van der Waals surface area (Å²) in [7, 11) is 0. The van der Waals surface area contributed by atoms with Gasteiger partial charge in [-0.3, -0.25) is 10.1 Å². The van der Waals surface area contributed by atoms with E-state index in [2.05, 4.69) is 9.97 Å². The number of fused-ring (bicyclic) bond motifs is 1. The molecule has 7 nitrogen and oxygen atoms in total. The third-order valence-corrected chi connectivity index (χ3v) is 3.27. The van der Waals surface area contributed by atoms with E-state index in [9.17, 15) is 15.2 Å². The Bertz CT molecular complexity index is 646. The fraction of sp³-hybridized carbons (Fsp3) is 0.333. The van der Waals surface area contributed by atoms with Crippen LogP contribution in [0.2, 0.25) is 0 Å². The Morgan fingerprint density at radius 2 is 2.26 bits per heavy atom. The van der Waals surface area contributed by atoms with Crippen molar-refractivity contribution in [1.29, 1.82) is 0 Å². The van der Waals surface area contributed by atoms with E-state index < -0.39 is 4.92 Å². The molecule has 1 aromatic heterocycles. The normalized spacial score (nSPS) is 19.0. The maximum Gasteiger partial charge on any atom is 0.270 e. The first-order valence-corrected chi connectivity index (χ1v) is 5.97. The molecule has 0 bridgehead atoms. The van der Waals surface area contributed by atoms with Crippen molar-refractivity contribution in [3.05, 3.63) is 34.6 Å². The predicted octanol–water partition coefficient (Wildman–Crippen LogP) is 1.11. The van der Waals surface area contributed by atoms with Crippen LogP contribution in [0.15, 0.2) is 24.5 Å². The van der Waals surface area contributed by atoms with Crippen LogP contribution < -0.4 is 4.90 Å². The van der Waals surface area contributed by atoms with Gasteiger partial charge in [0.1, 0.15) is 12.1 Å². The molecule has 1 saturated heterocycles. The highest BCUT2D eigenvalue weighted by Gasteiger charge is 2.23. The first kappa shape index (κ1) is 11.8. The second-order valence-electron chi connectivity index (χ2n) is 4.54. The van der Waals surface area contributed by atoms with E-state index in [1.165, 1.54) is 18.5 Å². The molecule has 1 atom stereocenters. The standard InChI is InChI=1S/C12H12N4O3/c17-9-3-4-15(6-9)12-10-5-8(16(18)19)1-2-11(10)13-7-14-12/h1-2,5,7,9,17H,3-4,6H2. The highest BCUT2D eigenvalue weighted by atomic mass is 16.6. The predicted molar refractivity (Wildman–Crippen MR) is 69.0 cm³/mol. The third-order valence-electron chi connectivity index (χ3n) is 3.27. The monoisotopic (exact) mass is 260 g/mol. The molecular weight excluding hydrogens is 248 g/mol. The quantitative estimate of drug-likeness (QED) is 0.642. The Labute approximate surface area is 108 Å². The molecule has 1 aliphatic rings. The third kappa shape index (κ3) is 2.08. The number of aromatic nitrogens is 2. The minimum absolute atomic E-state index is 0.0169. The number of anilines is 1. The molecule has 1 aromatic carbocycles. The number of β-amino-alcohol motifs (C(OH)–C–C–N with tert-alkyl or cyclic N) is 1. The molecule has 0 amide bonds. The minimum atomic E-state index is -0.435. The van der Waals surface area contributed by atoms with Gasteiger partial charge in [0.25, 0.3) is 5.69 Å². The molecule has 0 saturated carbocycles. The number of hydrogen-bond acceptors (Lipinski definition) is 6. The van der Waals surface area contributed by atoms with E-state index in [1.54, 1.807) is 6.07 Å². The molecule has 1 fully saturated rings. The molecule has 1 aliphatic heterocycles. The van der Waals surface area contributed by atoms with Gasteiger partial charge in [0, 0.05) is 30.6 Å². The van der Waals surface area contributed by atoms with Crippen LogP contribution in [0.5, 0.6) is 0 Å². The van der Waals surface area contributed by atoms with Crippen molar-refractivity contribution in [3.8, 4) is 0 Å². The number of benzene rings is 1. The number of aliphatic hydroxyl groups excluding tert-OH is 1. The van der Waals surface area contributed by atoms with E-state index >= 15 is 0 Å². The number of rotatable bonds is 2. The highest BCUT2D eigenvalue weighted by Crippen LogP contribution is 2.28. The summed E-state index contributed by atoms with van der Waals surface area (Å²) in [5, 5.41) is 21.1. The van der Waals surface area contributed by atoms with E-state index in [-0.39, 0.29) is 11.8 Å². The molecule has 0 aliphatic carbocycles. The van der Waals surface area contributed by atoms with Gasteiger partial charge < -0.3 is 10.0 Å². The number of nitro groups is 1. The Morgan fingerprint density at radius 1 is 1.42 bits per heavy atom. The van der Waals surface area contributed by atoms with Crippen LogP contribution in [-0.4, -0.2) is 39.2 Å². The number of aliphatic hydroxyl groups is 1. The molecule has 2 heterocycles. The zero-order valence-electron chi connectivity index (χ0n) is 10.1. The fourth-order valence-corrected chi connectivity index (χ4v) is 2.33. The van der Waals surface area contributed by atoms with Crippen molar-refractivity contribution >= 4 is 22.4 Å². The average molecular weight is 260 g/mol. The van der Waals surface area contributed by atoms with Gasteiger partial charge in [-0.25, -0.2) is 9.97 Å². The van der Waals surface area contributed by atoms with Crippen LogP contribution in [0, 0.1) is 10.1 Å². The van der Waals surface area contributed by atoms with Gasteiger partial charge in [-0.15, -0.1) is 0 Å². The molecule has 1 N–H and O–H groups in total. The molecule has 98 valence electrons. The zero-order chi connectivity index (χ0) is 13.4. The van der Waals surface area contributed by atoms with Crippen molar-refractivity contribution in [2.45, 2.75) is 12.5 Å². The lowest BCUT2D eigenvalue weighted by Crippen LogP contribution is -2.22. The molecule has 2 aromatic rings. The highest BCUT2D eigenvalue weighted by molar-refractivity contribution is 5.91.